The highest BCUT2D eigenvalue weighted by atomic mass is 16.6. The van der Waals surface area contributed by atoms with Gasteiger partial charge in [0.05, 0.1) is 45.2 Å². The van der Waals surface area contributed by atoms with E-state index in [0.717, 1.165) is 99.2 Å². The Balaban J connectivity index is 0.000000148. The molecule has 2 aliphatic heterocycles. The molecule has 2 saturated heterocycles. The zero-order valence-corrected chi connectivity index (χ0v) is 60.3. The van der Waals surface area contributed by atoms with Crippen LogP contribution >= 0.6 is 0 Å². The van der Waals surface area contributed by atoms with Gasteiger partial charge in [0.1, 0.15) is 22.9 Å². The number of cyclic esters (lactones) is 2. The maximum absolute atomic E-state index is 12.7. The average Bonchev–Trinajstić information content (AvgIpc) is 1.59. The molecule has 0 aromatic carbocycles. The Bertz CT molecular complexity index is 2620. The van der Waals surface area contributed by atoms with Crippen LogP contribution in [-0.2, 0) is 66.7 Å². The molecule has 13 atom stereocenters. The lowest BCUT2D eigenvalue weighted by Gasteiger charge is -2.59. The Kier molecular flexibility index (Phi) is 21.4. The molecule has 1 N–H and O–H groups in total. The highest BCUT2D eigenvalue weighted by Gasteiger charge is 2.68. The number of carbonyl (C=O) groups is 7. The van der Waals surface area contributed by atoms with Gasteiger partial charge in [0.15, 0.2) is 5.60 Å². The quantitative estimate of drug-likeness (QED) is 0.0867. The fraction of sp³-hybridized carbons (Fsp3) is 0.908. The minimum atomic E-state index is -0.861. The fourth-order valence-corrected chi connectivity index (χ4v) is 18.9. The first-order valence-electron chi connectivity index (χ1n) is 36.4. The van der Waals surface area contributed by atoms with Crippen LogP contribution in [0.5, 0.6) is 0 Å². The van der Waals surface area contributed by atoms with E-state index in [-0.39, 0.29) is 63.4 Å². The Morgan fingerprint density at radius 1 is 0.495 bits per heavy atom. The Hall–Kier alpha value is -3.75. The van der Waals surface area contributed by atoms with E-state index in [1.165, 1.54) is 64.2 Å². The molecule has 12 bridgehead atoms. The highest BCUT2D eigenvalue weighted by Crippen LogP contribution is 2.71. The standard InChI is InChI=1S/C20H32O2.C17H28O2.C16H26O3.C13H22O4.C10H16O4/c1-5-19(3,4)18(21)22-20(6-2)11-14-10-15(20)17-13-8-7-12(9-13)16(14)17;1-5-16(2,3)15(18)19-17(4)13-7-11-6-12(9-13)10-14(17)8-11;1-4-14(2,3)13(17)19-16-8-11-5-12(9-16)7-15(18,6-11)10-16;1-7-12(4,5)11(15)17-13(6)8(2)10(14)16-9(13)3;1-4-10(2,3)9(12)14-7-5-6-13-8(7)11/h12-17H,5-11H2,1-4H3;11-14H,5-10H2,1-4H3;11-12,18H,4-10H2,1-3H3;8-9H,7H2,1-6H3;7H,4-6H2,1-3H3. The van der Waals surface area contributed by atoms with E-state index in [9.17, 15) is 38.7 Å². The topological polar surface area (TPSA) is 204 Å². The lowest BCUT2D eigenvalue weighted by Crippen LogP contribution is -2.61. The minimum absolute atomic E-state index is 0.0185. The van der Waals surface area contributed by atoms with Gasteiger partial charge in [-0.25, -0.2) is 4.79 Å². The zero-order valence-electron chi connectivity index (χ0n) is 60.3. The van der Waals surface area contributed by atoms with Crippen LogP contribution in [0.15, 0.2) is 0 Å². The van der Waals surface area contributed by atoms with Gasteiger partial charge in [-0.3, -0.25) is 28.8 Å². The fourth-order valence-electron chi connectivity index (χ4n) is 18.9. The SMILES string of the molecule is CCC(C)(C)C(=O)OC1(C)C(C)OC(=O)C1C.CCC(C)(C)C(=O)OC1(C)C2CC3CC(C2)CC1C3.CCC(C)(C)C(=O)OC1(CC)CC2CC1C1C3CCC(C3)C21.CCC(C)(C)C(=O)OC12CC3CC(CC(O)(C3)C1)C2.CCC(C)(C)C(=O)OC1CCOC1=O. The summed E-state index contributed by atoms with van der Waals surface area (Å²) in [4.78, 5) is 83.7. The van der Waals surface area contributed by atoms with Gasteiger partial charge in [-0.15, -0.1) is 0 Å². The van der Waals surface area contributed by atoms with Gasteiger partial charge in [0.2, 0.25) is 6.10 Å². The van der Waals surface area contributed by atoms with Gasteiger partial charge in [-0.05, 0) is 297 Å². The first kappa shape index (κ1) is 73.1. The van der Waals surface area contributed by atoms with Crippen LogP contribution in [0.1, 0.15) is 286 Å². The third kappa shape index (κ3) is 14.7. The highest BCUT2D eigenvalue weighted by molar-refractivity contribution is 5.83. The largest absolute Gasteiger partial charge is 0.463 e. The summed E-state index contributed by atoms with van der Waals surface area (Å²) in [5, 5.41) is 10.6. The lowest BCUT2D eigenvalue weighted by molar-refractivity contribution is -0.225. The van der Waals surface area contributed by atoms with Gasteiger partial charge in [0, 0.05) is 18.8 Å². The maximum Gasteiger partial charge on any atom is 0.347 e. The lowest BCUT2D eigenvalue weighted by atomic mass is 9.50. The van der Waals surface area contributed by atoms with E-state index in [2.05, 4.69) is 27.7 Å². The molecule has 518 valence electrons. The summed E-state index contributed by atoms with van der Waals surface area (Å²) < 4.78 is 38.9. The Morgan fingerprint density at radius 3 is 1.36 bits per heavy atom. The monoisotopic (exact) mass is 1280 g/mol. The van der Waals surface area contributed by atoms with Gasteiger partial charge in [-0.2, -0.15) is 0 Å². The van der Waals surface area contributed by atoms with Crippen molar-refractivity contribution in [3.8, 4) is 0 Å². The zero-order chi connectivity index (χ0) is 67.6. The molecular weight excluding hydrogens is 1150 g/mol. The van der Waals surface area contributed by atoms with Gasteiger partial charge in [-0.1, -0.05) is 41.5 Å². The molecule has 0 spiro atoms. The van der Waals surface area contributed by atoms with Gasteiger partial charge >= 0.3 is 41.8 Å². The molecule has 0 radical (unpaired) electrons. The summed E-state index contributed by atoms with van der Waals surface area (Å²) in [6.07, 6.45) is 23.5. The van der Waals surface area contributed by atoms with Crippen LogP contribution < -0.4 is 0 Å². The molecule has 0 aromatic rings. The Labute approximate surface area is 548 Å². The average molecular weight is 1280 g/mol. The first-order valence-corrected chi connectivity index (χ1v) is 36.4. The van der Waals surface area contributed by atoms with Gasteiger partial charge < -0.3 is 38.3 Å². The van der Waals surface area contributed by atoms with Crippen LogP contribution in [0.4, 0.5) is 0 Å². The van der Waals surface area contributed by atoms with E-state index in [0.29, 0.717) is 61.9 Å². The van der Waals surface area contributed by atoms with E-state index >= 15 is 0 Å². The number of hydrogen-bond acceptors (Lipinski definition) is 15. The predicted molar refractivity (Wildman–Crippen MR) is 348 cm³/mol. The van der Waals surface area contributed by atoms with Crippen LogP contribution in [0.25, 0.3) is 0 Å². The van der Waals surface area contributed by atoms with Crippen LogP contribution in [-0.4, -0.2) is 93.7 Å². The molecule has 14 aliphatic rings. The van der Waals surface area contributed by atoms with Crippen LogP contribution in [0.2, 0.25) is 0 Å². The second-order valence-corrected chi connectivity index (χ2v) is 35.1. The summed E-state index contributed by atoms with van der Waals surface area (Å²) in [7, 11) is 0. The molecule has 15 heteroatoms. The minimum Gasteiger partial charge on any atom is -0.463 e. The third-order valence-corrected chi connectivity index (χ3v) is 27.1. The van der Waals surface area contributed by atoms with E-state index in [1.54, 1.807) is 34.6 Å². The van der Waals surface area contributed by atoms with Crippen molar-refractivity contribution in [1.82, 2.24) is 0 Å². The molecule has 15 nitrogen and oxygen atoms in total. The molecule has 12 saturated carbocycles. The van der Waals surface area contributed by atoms with E-state index in [1.807, 2.05) is 76.2 Å². The van der Waals surface area contributed by atoms with Gasteiger partial charge in [0.25, 0.3) is 0 Å². The van der Waals surface area contributed by atoms with E-state index < -0.39 is 51.5 Å². The molecule has 2 heterocycles. The van der Waals surface area contributed by atoms with Crippen LogP contribution in [0.3, 0.4) is 0 Å². The van der Waals surface area contributed by atoms with Crippen molar-refractivity contribution in [2.45, 2.75) is 326 Å². The number of carbonyl (C=O) groups excluding carboxylic acids is 7. The molecule has 13 unspecified atom stereocenters. The van der Waals surface area contributed by atoms with Crippen molar-refractivity contribution >= 4 is 41.8 Å². The number of aliphatic hydroxyl groups is 1. The summed E-state index contributed by atoms with van der Waals surface area (Å²) in [6, 6.07) is 0. The molecule has 91 heavy (non-hydrogen) atoms. The Morgan fingerprint density at radius 2 is 0.934 bits per heavy atom. The molecule has 14 rings (SSSR count). The first-order chi connectivity index (χ1) is 42.1. The number of fused-ring (bicyclic) bond motifs is 9. The van der Waals surface area contributed by atoms with Crippen molar-refractivity contribution in [3.05, 3.63) is 0 Å². The second-order valence-electron chi connectivity index (χ2n) is 35.1. The summed E-state index contributed by atoms with van der Waals surface area (Å²) in [5.41, 5.74) is -4.21. The molecule has 14 fully saturated rings. The third-order valence-electron chi connectivity index (χ3n) is 27.1. The van der Waals surface area contributed by atoms with Crippen molar-refractivity contribution in [2.75, 3.05) is 6.61 Å². The number of hydrogen-bond donors (Lipinski definition) is 1. The van der Waals surface area contributed by atoms with Crippen LogP contribution in [0, 0.1) is 104 Å². The normalized spacial score (nSPS) is 39.9. The second kappa shape index (κ2) is 26.7. The van der Waals surface area contributed by atoms with Crippen molar-refractivity contribution in [1.29, 1.82) is 0 Å². The van der Waals surface area contributed by atoms with Crippen molar-refractivity contribution in [3.63, 3.8) is 0 Å². The predicted octanol–water partition coefficient (Wildman–Crippen LogP) is 15.6. The number of rotatable bonds is 16. The summed E-state index contributed by atoms with van der Waals surface area (Å²) in [5.74, 6) is 7.80. The summed E-state index contributed by atoms with van der Waals surface area (Å²) >= 11 is 0. The number of ether oxygens (including phenoxy) is 7. The van der Waals surface area contributed by atoms with Crippen molar-refractivity contribution in [2.24, 2.45) is 104 Å². The molecular formula is C76H124O15. The smallest absolute Gasteiger partial charge is 0.347 e. The molecule has 0 aromatic heterocycles. The molecule has 12 aliphatic carbocycles. The summed E-state index contributed by atoms with van der Waals surface area (Å²) in [6.45, 7) is 39.4. The van der Waals surface area contributed by atoms with E-state index in [4.69, 9.17) is 33.2 Å². The number of esters is 7. The maximum atomic E-state index is 12.7. The molecule has 0 amide bonds. The van der Waals surface area contributed by atoms with Crippen molar-refractivity contribution < 1.29 is 71.8 Å².